The zero-order chi connectivity index (χ0) is 13.7. The molecule has 0 heterocycles. The van der Waals surface area contributed by atoms with Crippen LogP contribution < -0.4 is 9.64 Å². The number of ether oxygens (including phenoxy) is 1. The minimum Gasteiger partial charge on any atom is -0.494 e. The maximum Gasteiger partial charge on any atom is 0.306 e. The van der Waals surface area contributed by atoms with Crippen LogP contribution >= 0.6 is 0 Å². The average molecular weight is 255 g/mol. The second kappa shape index (κ2) is 6.23. The van der Waals surface area contributed by atoms with Crippen LogP contribution in [-0.4, -0.2) is 31.8 Å². The first kappa shape index (κ1) is 14.3. The molecule has 0 bridgehead atoms. The summed E-state index contributed by atoms with van der Waals surface area (Å²) in [4.78, 5) is 12.5. The van der Waals surface area contributed by atoms with E-state index in [9.17, 15) is 9.18 Å². The van der Waals surface area contributed by atoms with Gasteiger partial charge in [0.15, 0.2) is 11.6 Å². The molecule has 0 amide bonds. The van der Waals surface area contributed by atoms with E-state index in [2.05, 4.69) is 0 Å². The molecule has 1 rings (SSSR count). The number of benzene rings is 1. The number of halogens is 1. The monoisotopic (exact) mass is 255 g/mol. The molecule has 0 aliphatic heterocycles. The number of carboxylic acids is 1. The Hall–Kier alpha value is -1.78. The van der Waals surface area contributed by atoms with Crippen LogP contribution in [0.2, 0.25) is 0 Å². The molecule has 0 saturated heterocycles. The first-order chi connectivity index (χ1) is 8.45. The summed E-state index contributed by atoms with van der Waals surface area (Å²) in [6.07, 6.45) is 0.513. The van der Waals surface area contributed by atoms with E-state index >= 15 is 0 Å². The molecule has 1 aromatic rings. The van der Waals surface area contributed by atoms with Gasteiger partial charge in [-0.1, -0.05) is 6.92 Å². The first-order valence-electron chi connectivity index (χ1n) is 5.73. The predicted molar refractivity (Wildman–Crippen MR) is 67.6 cm³/mol. The van der Waals surface area contributed by atoms with Gasteiger partial charge < -0.3 is 14.7 Å². The number of carbonyl (C=O) groups is 1. The van der Waals surface area contributed by atoms with Crippen molar-refractivity contribution in [3.8, 4) is 5.75 Å². The molecule has 0 fully saturated rings. The van der Waals surface area contributed by atoms with Crippen LogP contribution in [0.1, 0.15) is 13.3 Å². The summed E-state index contributed by atoms with van der Waals surface area (Å²) >= 11 is 0. The quantitative estimate of drug-likeness (QED) is 0.848. The van der Waals surface area contributed by atoms with Crippen molar-refractivity contribution in [1.29, 1.82) is 0 Å². The SMILES string of the molecule is COc1ccc(N(C)CCC(C)C(=O)O)cc1F. The van der Waals surface area contributed by atoms with Crippen LogP contribution in [0.3, 0.4) is 0 Å². The van der Waals surface area contributed by atoms with Crippen molar-refractivity contribution >= 4 is 11.7 Å². The fourth-order valence-corrected chi connectivity index (χ4v) is 1.53. The summed E-state index contributed by atoms with van der Waals surface area (Å²) in [5.74, 6) is -1.45. The van der Waals surface area contributed by atoms with Crippen molar-refractivity contribution in [2.45, 2.75) is 13.3 Å². The number of aliphatic carboxylic acids is 1. The maximum atomic E-state index is 13.5. The van der Waals surface area contributed by atoms with E-state index in [1.807, 2.05) is 4.90 Å². The van der Waals surface area contributed by atoms with Crippen molar-refractivity contribution in [2.24, 2.45) is 5.92 Å². The number of carboxylic acid groups (broad SMARTS) is 1. The smallest absolute Gasteiger partial charge is 0.306 e. The van der Waals surface area contributed by atoms with Gasteiger partial charge in [0.2, 0.25) is 0 Å². The Morgan fingerprint density at radius 2 is 2.22 bits per heavy atom. The molecule has 4 nitrogen and oxygen atoms in total. The second-order valence-electron chi connectivity index (χ2n) is 4.27. The molecular weight excluding hydrogens is 237 g/mol. The lowest BCUT2D eigenvalue weighted by atomic mass is 10.1. The lowest BCUT2D eigenvalue weighted by Crippen LogP contribution is -2.23. The van der Waals surface area contributed by atoms with Gasteiger partial charge in [-0.25, -0.2) is 4.39 Å². The van der Waals surface area contributed by atoms with Gasteiger partial charge in [0.25, 0.3) is 0 Å². The van der Waals surface area contributed by atoms with Crippen LogP contribution in [0.5, 0.6) is 5.75 Å². The second-order valence-corrected chi connectivity index (χ2v) is 4.27. The summed E-state index contributed by atoms with van der Waals surface area (Å²) in [6, 6.07) is 4.68. The highest BCUT2D eigenvalue weighted by atomic mass is 19.1. The topological polar surface area (TPSA) is 49.8 Å². The van der Waals surface area contributed by atoms with E-state index < -0.39 is 17.7 Å². The van der Waals surface area contributed by atoms with Crippen molar-refractivity contribution in [1.82, 2.24) is 0 Å². The third-order valence-electron chi connectivity index (χ3n) is 2.90. The Morgan fingerprint density at radius 1 is 1.56 bits per heavy atom. The average Bonchev–Trinajstić information content (AvgIpc) is 2.35. The third kappa shape index (κ3) is 3.61. The molecule has 100 valence electrons. The van der Waals surface area contributed by atoms with Gasteiger partial charge in [-0.2, -0.15) is 0 Å². The highest BCUT2D eigenvalue weighted by molar-refractivity contribution is 5.69. The Labute approximate surface area is 106 Å². The van der Waals surface area contributed by atoms with E-state index in [4.69, 9.17) is 9.84 Å². The molecule has 1 aromatic carbocycles. The Kier molecular flexibility index (Phi) is 4.95. The van der Waals surface area contributed by atoms with Gasteiger partial charge in [-0.15, -0.1) is 0 Å². The molecule has 0 aliphatic rings. The van der Waals surface area contributed by atoms with Crippen molar-refractivity contribution in [3.63, 3.8) is 0 Å². The Morgan fingerprint density at radius 3 is 2.72 bits per heavy atom. The zero-order valence-corrected chi connectivity index (χ0v) is 10.8. The number of methoxy groups -OCH3 is 1. The van der Waals surface area contributed by atoms with E-state index in [1.54, 1.807) is 26.1 Å². The number of rotatable bonds is 6. The number of nitrogens with zero attached hydrogens (tertiary/aromatic N) is 1. The van der Waals surface area contributed by atoms with E-state index in [-0.39, 0.29) is 5.75 Å². The predicted octanol–water partition coefficient (Wildman–Crippen LogP) is 2.38. The fourth-order valence-electron chi connectivity index (χ4n) is 1.53. The fraction of sp³-hybridized carbons (Fsp3) is 0.462. The van der Waals surface area contributed by atoms with Crippen LogP contribution in [-0.2, 0) is 4.79 Å². The summed E-state index contributed by atoms with van der Waals surface area (Å²) in [6.45, 7) is 2.21. The first-order valence-corrected chi connectivity index (χ1v) is 5.73. The number of anilines is 1. The van der Waals surface area contributed by atoms with Gasteiger partial charge in [0.05, 0.1) is 13.0 Å². The highest BCUT2D eigenvalue weighted by Gasteiger charge is 2.13. The molecule has 0 radical (unpaired) electrons. The van der Waals surface area contributed by atoms with Gasteiger partial charge in [-0.05, 0) is 18.6 Å². The molecule has 0 saturated carbocycles. The maximum absolute atomic E-state index is 13.5. The minimum absolute atomic E-state index is 0.200. The zero-order valence-electron chi connectivity index (χ0n) is 10.8. The van der Waals surface area contributed by atoms with Gasteiger partial charge in [0.1, 0.15) is 0 Å². The molecule has 0 aromatic heterocycles. The largest absolute Gasteiger partial charge is 0.494 e. The molecular formula is C13H18FNO3. The molecule has 1 N–H and O–H groups in total. The summed E-state index contributed by atoms with van der Waals surface area (Å²) < 4.78 is 18.3. The standard InChI is InChI=1S/C13H18FNO3/c1-9(13(16)17)6-7-15(2)10-4-5-12(18-3)11(14)8-10/h4-5,8-9H,6-7H2,1-3H3,(H,16,17). The van der Waals surface area contributed by atoms with Crippen LogP contribution in [0.15, 0.2) is 18.2 Å². The lowest BCUT2D eigenvalue weighted by molar-refractivity contribution is -0.141. The van der Waals surface area contributed by atoms with Crippen molar-refractivity contribution in [2.75, 3.05) is 25.6 Å². The molecule has 0 spiro atoms. The number of hydrogen-bond donors (Lipinski definition) is 1. The van der Waals surface area contributed by atoms with Gasteiger partial charge in [0, 0.05) is 25.3 Å². The molecule has 1 unspecified atom stereocenters. The van der Waals surface area contributed by atoms with Crippen LogP contribution in [0.4, 0.5) is 10.1 Å². The normalized spacial score (nSPS) is 12.0. The highest BCUT2D eigenvalue weighted by Crippen LogP contribution is 2.23. The Balaban J connectivity index is 2.64. The summed E-state index contributed by atoms with van der Waals surface area (Å²) in [5.41, 5.74) is 0.700. The molecule has 1 atom stereocenters. The van der Waals surface area contributed by atoms with Crippen LogP contribution in [0, 0.1) is 11.7 Å². The molecule has 18 heavy (non-hydrogen) atoms. The lowest BCUT2D eigenvalue weighted by Gasteiger charge is -2.20. The summed E-state index contributed by atoms with van der Waals surface area (Å²) in [5, 5.41) is 8.78. The van der Waals surface area contributed by atoms with Gasteiger partial charge >= 0.3 is 5.97 Å². The third-order valence-corrected chi connectivity index (χ3v) is 2.90. The Bertz CT molecular complexity index is 423. The van der Waals surface area contributed by atoms with Crippen molar-refractivity contribution < 1.29 is 19.0 Å². The molecule has 0 aliphatic carbocycles. The van der Waals surface area contributed by atoms with Crippen LogP contribution in [0.25, 0.3) is 0 Å². The molecule has 5 heteroatoms. The number of hydrogen-bond acceptors (Lipinski definition) is 3. The van der Waals surface area contributed by atoms with E-state index in [0.29, 0.717) is 18.7 Å². The van der Waals surface area contributed by atoms with Crippen molar-refractivity contribution in [3.05, 3.63) is 24.0 Å². The van der Waals surface area contributed by atoms with E-state index in [0.717, 1.165) is 0 Å². The minimum atomic E-state index is -0.815. The summed E-state index contributed by atoms with van der Waals surface area (Å²) in [7, 11) is 3.21. The van der Waals surface area contributed by atoms with Gasteiger partial charge in [-0.3, -0.25) is 4.79 Å². The van der Waals surface area contributed by atoms with E-state index in [1.165, 1.54) is 13.2 Å².